The van der Waals surface area contributed by atoms with Crippen LogP contribution in [0.5, 0.6) is 0 Å². The second-order valence-corrected chi connectivity index (χ2v) is 4.53. The quantitative estimate of drug-likeness (QED) is 0.754. The van der Waals surface area contributed by atoms with Crippen molar-refractivity contribution in [1.82, 2.24) is 5.32 Å². The van der Waals surface area contributed by atoms with Gasteiger partial charge in [-0.3, -0.25) is 0 Å². The topological polar surface area (TPSA) is 35.8 Å². The summed E-state index contributed by atoms with van der Waals surface area (Å²) in [6.45, 7) is 4.41. The zero-order valence-corrected chi connectivity index (χ0v) is 9.09. The van der Waals surface area contributed by atoms with E-state index in [0.29, 0.717) is 0 Å². The molecule has 2 heteroatoms. The van der Waals surface area contributed by atoms with Crippen LogP contribution in [-0.4, -0.2) is 13.1 Å². The lowest BCUT2D eigenvalue weighted by atomic mass is 9.76. The van der Waals surface area contributed by atoms with E-state index in [1.54, 1.807) is 0 Å². The van der Waals surface area contributed by atoms with Crippen LogP contribution in [0.2, 0.25) is 0 Å². The van der Waals surface area contributed by atoms with Crippen molar-refractivity contribution in [3.05, 3.63) is 35.4 Å². The van der Waals surface area contributed by atoms with Gasteiger partial charge in [-0.15, -0.1) is 0 Å². The highest BCUT2D eigenvalue weighted by atomic mass is 14.9. The number of piperidine rings is 1. The molecule has 1 unspecified atom stereocenters. The Morgan fingerprint density at radius 1 is 1.47 bits per heavy atom. The van der Waals surface area contributed by atoms with Gasteiger partial charge < -0.3 is 5.32 Å². The van der Waals surface area contributed by atoms with E-state index in [0.717, 1.165) is 18.7 Å². The summed E-state index contributed by atoms with van der Waals surface area (Å²) in [6, 6.07) is 10.2. The molecule has 1 aromatic carbocycles. The molecule has 15 heavy (non-hydrogen) atoms. The Balaban J connectivity index is 2.31. The number of nitrogens with zero attached hydrogens (tertiary/aromatic N) is 1. The van der Waals surface area contributed by atoms with Crippen LogP contribution in [0, 0.1) is 11.3 Å². The maximum absolute atomic E-state index is 8.88. The van der Waals surface area contributed by atoms with Gasteiger partial charge in [0.2, 0.25) is 0 Å². The van der Waals surface area contributed by atoms with Crippen molar-refractivity contribution in [2.75, 3.05) is 13.1 Å². The molecule has 1 N–H and O–H groups in total. The molecule has 1 aliphatic rings. The second-order valence-electron chi connectivity index (χ2n) is 4.53. The third-order valence-corrected chi connectivity index (χ3v) is 3.29. The molecular weight excluding hydrogens is 184 g/mol. The SMILES string of the molecule is CC1(c2cccc(C#N)c2)CCCNC1. The normalized spacial score (nSPS) is 25.9. The van der Waals surface area contributed by atoms with Crippen molar-refractivity contribution in [1.29, 1.82) is 5.26 Å². The van der Waals surface area contributed by atoms with Crippen LogP contribution in [0.25, 0.3) is 0 Å². The Bertz CT molecular complexity index is 384. The third kappa shape index (κ3) is 2.03. The van der Waals surface area contributed by atoms with Crippen LogP contribution in [0.4, 0.5) is 0 Å². The lowest BCUT2D eigenvalue weighted by molar-refractivity contribution is 0.339. The van der Waals surface area contributed by atoms with Crippen molar-refractivity contribution < 1.29 is 0 Å². The van der Waals surface area contributed by atoms with Crippen molar-refractivity contribution in [3.8, 4) is 6.07 Å². The molecule has 0 aromatic heterocycles. The molecule has 78 valence electrons. The third-order valence-electron chi connectivity index (χ3n) is 3.29. The van der Waals surface area contributed by atoms with E-state index in [9.17, 15) is 0 Å². The van der Waals surface area contributed by atoms with Crippen LogP contribution in [0.1, 0.15) is 30.9 Å². The molecule has 1 saturated heterocycles. The summed E-state index contributed by atoms with van der Waals surface area (Å²) in [5.74, 6) is 0. The zero-order valence-electron chi connectivity index (χ0n) is 9.09. The first-order valence-electron chi connectivity index (χ1n) is 5.46. The predicted molar refractivity (Wildman–Crippen MR) is 60.6 cm³/mol. The van der Waals surface area contributed by atoms with Gasteiger partial charge >= 0.3 is 0 Å². The van der Waals surface area contributed by atoms with Gasteiger partial charge in [0, 0.05) is 12.0 Å². The highest BCUT2D eigenvalue weighted by molar-refractivity contribution is 5.36. The van der Waals surface area contributed by atoms with Gasteiger partial charge in [-0.05, 0) is 37.1 Å². The van der Waals surface area contributed by atoms with Crippen molar-refractivity contribution in [2.45, 2.75) is 25.2 Å². The monoisotopic (exact) mass is 200 g/mol. The Labute approximate surface area is 90.9 Å². The predicted octanol–water partition coefficient (Wildman–Crippen LogP) is 2.20. The maximum Gasteiger partial charge on any atom is 0.0991 e. The lowest BCUT2D eigenvalue weighted by Gasteiger charge is -2.34. The average molecular weight is 200 g/mol. The highest BCUT2D eigenvalue weighted by Crippen LogP contribution is 2.30. The van der Waals surface area contributed by atoms with Gasteiger partial charge in [-0.1, -0.05) is 19.1 Å². The van der Waals surface area contributed by atoms with Gasteiger partial charge in [-0.25, -0.2) is 0 Å². The first-order chi connectivity index (χ1) is 7.24. The number of nitriles is 1. The molecular formula is C13H16N2. The van der Waals surface area contributed by atoms with E-state index in [1.807, 2.05) is 18.2 Å². The van der Waals surface area contributed by atoms with E-state index >= 15 is 0 Å². The van der Waals surface area contributed by atoms with Gasteiger partial charge in [0.05, 0.1) is 11.6 Å². The molecule has 0 bridgehead atoms. The van der Waals surface area contributed by atoms with Crippen molar-refractivity contribution in [2.24, 2.45) is 0 Å². The fraction of sp³-hybridized carbons (Fsp3) is 0.462. The van der Waals surface area contributed by atoms with Crippen LogP contribution in [-0.2, 0) is 5.41 Å². The Morgan fingerprint density at radius 2 is 2.33 bits per heavy atom. The molecule has 1 aliphatic heterocycles. The summed E-state index contributed by atoms with van der Waals surface area (Å²) in [7, 11) is 0. The molecule has 2 nitrogen and oxygen atoms in total. The number of hydrogen-bond acceptors (Lipinski definition) is 2. The fourth-order valence-electron chi connectivity index (χ4n) is 2.27. The minimum absolute atomic E-state index is 0.200. The number of hydrogen-bond donors (Lipinski definition) is 1. The molecule has 1 heterocycles. The van der Waals surface area contributed by atoms with Gasteiger partial charge in [0.15, 0.2) is 0 Å². The van der Waals surface area contributed by atoms with E-state index in [2.05, 4.69) is 24.4 Å². The zero-order chi connectivity index (χ0) is 10.7. The minimum atomic E-state index is 0.200. The van der Waals surface area contributed by atoms with Crippen molar-refractivity contribution in [3.63, 3.8) is 0 Å². The maximum atomic E-state index is 8.88. The average Bonchev–Trinajstić information content (AvgIpc) is 2.30. The molecule has 0 spiro atoms. The lowest BCUT2D eigenvalue weighted by Crippen LogP contribution is -2.41. The minimum Gasteiger partial charge on any atom is -0.316 e. The Hall–Kier alpha value is -1.33. The van der Waals surface area contributed by atoms with Gasteiger partial charge in [-0.2, -0.15) is 5.26 Å². The molecule has 0 aliphatic carbocycles. The van der Waals surface area contributed by atoms with E-state index < -0.39 is 0 Å². The second kappa shape index (κ2) is 4.04. The van der Waals surface area contributed by atoms with Crippen LogP contribution < -0.4 is 5.32 Å². The summed E-state index contributed by atoms with van der Waals surface area (Å²) in [6.07, 6.45) is 2.42. The smallest absolute Gasteiger partial charge is 0.0991 e. The number of benzene rings is 1. The van der Waals surface area contributed by atoms with Gasteiger partial charge in [0.1, 0.15) is 0 Å². The van der Waals surface area contributed by atoms with Gasteiger partial charge in [0.25, 0.3) is 0 Å². The Kier molecular flexibility index (Phi) is 2.75. The van der Waals surface area contributed by atoms with Crippen LogP contribution >= 0.6 is 0 Å². The highest BCUT2D eigenvalue weighted by Gasteiger charge is 2.28. The standard InChI is InChI=1S/C13H16N2/c1-13(6-3-7-15-10-13)12-5-2-4-11(8-12)9-14/h2,4-5,8,15H,3,6-7,10H2,1H3. The largest absolute Gasteiger partial charge is 0.316 e. The molecule has 0 amide bonds. The first-order valence-corrected chi connectivity index (χ1v) is 5.46. The summed E-state index contributed by atoms with van der Waals surface area (Å²) in [5.41, 5.74) is 2.25. The Morgan fingerprint density at radius 3 is 3.00 bits per heavy atom. The van der Waals surface area contributed by atoms with E-state index in [4.69, 9.17) is 5.26 Å². The molecule has 1 fully saturated rings. The summed E-state index contributed by atoms with van der Waals surface area (Å²) < 4.78 is 0. The van der Waals surface area contributed by atoms with Crippen LogP contribution in [0.15, 0.2) is 24.3 Å². The molecule has 1 aromatic rings. The van der Waals surface area contributed by atoms with E-state index in [-0.39, 0.29) is 5.41 Å². The van der Waals surface area contributed by atoms with Crippen molar-refractivity contribution >= 4 is 0 Å². The molecule has 1 atom stereocenters. The summed E-state index contributed by atoms with van der Waals surface area (Å²) in [5, 5.41) is 12.3. The molecule has 2 rings (SSSR count). The number of rotatable bonds is 1. The van der Waals surface area contributed by atoms with Crippen LogP contribution in [0.3, 0.4) is 0 Å². The molecule has 0 saturated carbocycles. The summed E-state index contributed by atoms with van der Waals surface area (Å²) in [4.78, 5) is 0. The van der Waals surface area contributed by atoms with E-state index in [1.165, 1.54) is 18.4 Å². The molecule has 0 radical (unpaired) electrons. The summed E-state index contributed by atoms with van der Waals surface area (Å²) >= 11 is 0. The first kappa shape index (κ1) is 10.2. The fourth-order valence-corrected chi connectivity index (χ4v) is 2.27. The number of nitrogens with one attached hydrogen (secondary N) is 1.